The molecule has 1 N–H and O–H groups in total. The zero-order valence-electron chi connectivity index (χ0n) is 11.2. The molecule has 1 aromatic rings. The molecule has 1 fully saturated rings. The number of amides is 1. The number of hydrogen-bond donors (Lipinski definition) is 1. The van der Waals surface area contributed by atoms with Crippen molar-refractivity contribution in [2.45, 2.75) is 19.9 Å². The highest BCUT2D eigenvalue weighted by atomic mass is 16.5. The molecule has 1 atom stereocenters. The number of anilines is 1. The number of ether oxygens (including phenoxy) is 1. The number of benzene rings is 1. The number of nitrogens with zero attached hydrogens (tertiary/aromatic N) is 1. The third kappa shape index (κ3) is 2.89. The minimum atomic E-state index is -0.232. The summed E-state index contributed by atoms with van der Waals surface area (Å²) in [7, 11) is 1.81. The molecule has 98 valence electrons. The number of carbonyl (C=O) groups excluding carboxylic acids is 1. The van der Waals surface area contributed by atoms with E-state index < -0.39 is 0 Å². The zero-order valence-corrected chi connectivity index (χ0v) is 11.2. The standard InChI is InChI=1S/C14H20N2O2/c1-10-6-11(2)8-12(7-10)16(3)14(17)13-9-18-5-4-15-13/h6-8,13,15H,4-5,9H2,1-3H3. The van der Waals surface area contributed by atoms with Crippen molar-refractivity contribution in [3.63, 3.8) is 0 Å². The first-order valence-electron chi connectivity index (χ1n) is 6.25. The highest BCUT2D eigenvalue weighted by Crippen LogP contribution is 2.18. The van der Waals surface area contributed by atoms with Gasteiger partial charge < -0.3 is 15.0 Å². The Labute approximate surface area is 108 Å². The Bertz CT molecular complexity index is 419. The highest BCUT2D eigenvalue weighted by Gasteiger charge is 2.25. The van der Waals surface area contributed by atoms with E-state index >= 15 is 0 Å². The maximum Gasteiger partial charge on any atom is 0.246 e. The van der Waals surface area contributed by atoms with Gasteiger partial charge in [0.1, 0.15) is 6.04 Å². The molecule has 2 rings (SSSR count). The van der Waals surface area contributed by atoms with E-state index in [-0.39, 0.29) is 11.9 Å². The molecule has 1 amide bonds. The molecule has 0 bridgehead atoms. The Balaban J connectivity index is 2.14. The summed E-state index contributed by atoms with van der Waals surface area (Å²) in [5.74, 6) is 0.0553. The minimum Gasteiger partial charge on any atom is -0.378 e. The Morgan fingerprint density at radius 2 is 2.00 bits per heavy atom. The van der Waals surface area contributed by atoms with Crippen molar-refractivity contribution in [2.24, 2.45) is 0 Å². The van der Waals surface area contributed by atoms with Crippen LogP contribution in [0.2, 0.25) is 0 Å². The number of carbonyl (C=O) groups is 1. The first-order valence-corrected chi connectivity index (χ1v) is 6.25. The van der Waals surface area contributed by atoms with Crippen LogP contribution in [-0.4, -0.2) is 38.8 Å². The summed E-state index contributed by atoms with van der Waals surface area (Å²) in [4.78, 5) is 14.0. The minimum absolute atomic E-state index is 0.0553. The second-order valence-electron chi connectivity index (χ2n) is 4.82. The van der Waals surface area contributed by atoms with Crippen molar-refractivity contribution in [1.29, 1.82) is 0 Å². The van der Waals surface area contributed by atoms with Crippen LogP contribution in [-0.2, 0) is 9.53 Å². The van der Waals surface area contributed by atoms with Crippen LogP contribution in [0.4, 0.5) is 5.69 Å². The van der Waals surface area contributed by atoms with Crippen molar-refractivity contribution in [3.05, 3.63) is 29.3 Å². The smallest absolute Gasteiger partial charge is 0.246 e. The summed E-state index contributed by atoms with van der Waals surface area (Å²) < 4.78 is 5.33. The summed E-state index contributed by atoms with van der Waals surface area (Å²) in [6.45, 7) is 5.94. The van der Waals surface area contributed by atoms with E-state index in [4.69, 9.17) is 4.74 Å². The predicted octanol–water partition coefficient (Wildman–Crippen LogP) is 1.25. The summed E-state index contributed by atoms with van der Waals surface area (Å²) in [5, 5.41) is 3.18. The van der Waals surface area contributed by atoms with Gasteiger partial charge in [0, 0.05) is 19.3 Å². The van der Waals surface area contributed by atoms with Crippen molar-refractivity contribution >= 4 is 11.6 Å². The predicted molar refractivity (Wildman–Crippen MR) is 71.9 cm³/mol. The lowest BCUT2D eigenvalue weighted by Gasteiger charge is -2.28. The molecule has 18 heavy (non-hydrogen) atoms. The third-order valence-electron chi connectivity index (χ3n) is 3.14. The molecule has 1 unspecified atom stereocenters. The van der Waals surface area contributed by atoms with Crippen LogP contribution in [0.3, 0.4) is 0 Å². The largest absolute Gasteiger partial charge is 0.378 e. The fraction of sp³-hybridized carbons (Fsp3) is 0.500. The summed E-state index contributed by atoms with van der Waals surface area (Å²) >= 11 is 0. The lowest BCUT2D eigenvalue weighted by Crippen LogP contribution is -2.51. The molecule has 0 spiro atoms. The van der Waals surface area contributed by atoms with Crippen LogP contribution in [0.1, 0.15) is 11.1 Å². The van der Waals surface area contributed by atoms with E-state index in [0.717, 1.165) is 23.4 Å². The van der Waals surface area contributed by atoms with E-state index in [2.05, 4.69) is 11.4 Å². The topological polar surface area (TPSA) is 41.6 Å². The van der Waals surface area contributed by atoms with Crippen LogP contribution < -0.4 is 10.2 Å². The molecular formula is C14H20N2O2. The number of hydrogen-bond acceptors (Lipinski definition) is 3. The van der Waals surface area contributed by atoms with Gasteiger partial charge in [-0.25, -0.2) is 0 Å². The van der Waals surface area contributed by atoms with Crippen molar-refractivity contribution in [2.75, 3.05) is 31.7 Å². The zero-order chi connectivity index (χ0) is 13.1. The van der Waals surface area contributed by atoms with Gasteiger partial charge in [-0.15, -0.1) is 0 Å². The van der Waals surface area contributed by atoms with Crippen LogP contribution >= 0.6 is 0 Å². The molecule has 0 aliphatic carbocycles. The van der Waals surface area contributed by atoms with Gasteiger partial charge in [0.25, 0.3) is 0 Å². The van der Waals surface area contributed by atoms with Crippen LogP contribution in [0, 0.1) is 13.8 Å². The Morgan fingerprint density at radius 3 is 2.56 bits per heavy atom. The summed E-state index contributed by atoms with van der Waals surface area (Å²) in [6.07, 6.45) is 0. The molecule has 0 saturated carbocycles. The maximum absolute atomic E-state index is 12.3. The van der Waals surface area contributed by atoms with E-state index in [1.807, 2.05) is 33.0 Å². The molecule has 1 saturated heterocycles. The van der Waals surface area contributed by atoms with Crippen molar-refractivity contribution in [3.8, 4) is 0 Å². The Hall–Kier alpha value is -1.39. The van der Waals surface area contributed by atoms with E-state index in [1.54, 1.807) is 4.90 Å². The second-order valence-corrected chi connectivity index (χ2v) is 4.82. The van der Waals surface area contributed by atoms with Crippen molar-refractivity contribution in [1.82, 2.24) is 5.32 Å². The van der Waals surface area contributed by atoms with Crippen LogP contribution in [0.15, 0.2) is 18.2 Å². The number of nitrogens with one attached hydrogen (secondary N) is 1. The van der Waals surface area contributed by atoms with Gasteiger partial charge in [-0.2, -0.15) is 0 Å². The van der Waals surface area contributed by atoms with Gasteiger partial charge in [0.15, 0.2) is 0 Å². The average Bonchev–Trinajstić information content (AvgIpc) is 2.37. The highest BCUT2D eigenvalue weighted by molar-refractivity contribution is 5.97. The molecule has 4 nitrogen and oxygen atoms in total. The number of morpholine rings is 1. The van der Waals surface area contributed by atoms with Gasteiger partial charge >= 0.3 is 0 Å². The first kappa shape index (κ1) is 13.1. The first-order chi connectivity index (χ1) is 8.58. The average molecular weight is 248 g/mol. The number of rotatable bonds is 2. The molecule has 1 aliphatic heterocycles. The lowest BCUT2D eigenvalue weighted by molar-refractivity contribution is -0.123. The van der Waals surface area contributed by atoms with Gasteiger partial charge in [-0.1, -0.05) is 6.07 Å². The summed E-state index contributed by atoms with van der Waals surface area (Å²) in [6, 6.07) is 5.91. The fourth-order valence-corrected chi connectivity index (χ4v) is 2.23. The molecule has 1 aliphatic rings. The van der Waals surface area contributed by atoms with Gasteiger partial charge in [0.05, 0.1) is 13.2 Å². The molecule has 4 heteroatoms. The number of aryl methyl sites for hydroxylation is 2. The molecular weight excluding hydrogens is 228 g/mol. The SMILES string of the molecule is Cc1cc(C)cc(N(C)C(=O)C2COCCN2)c1. The van der Waals surface area contributed by atoms with Gasteiger partial charge in [0.2, 0.25) is 5.91 Å². The lowest BCUT2D eigenvalue weighted by atomic mass is 10.1. The molecule has 1 aromatic carbocycles. The second kappa shape index (κ2) is 5.50. The third-order valence-corrected chi connectivity index (χ3v) is 3.14. The van der Waals surface area contributed by atoms with E-state index in [9.17, 15) is 4.79 Å². The van der Waals surface area contributed by atoms with E-state index in [0.29, 0.717) is 13.2 Å². The normalized spacial score (nSPS) is 19.6. The monoisotopic (exact) mass is 248 g/mol. The molecule has 0 radical (unpaired) electrons. The number of likely N-dealkylation sites (N-methyl/N-ethyl adjacent to an activating group) is 1. The van der Waals surface area contributed by atoms with Crippen molar-refractivity contribution < 1.29 is 9.53 Å². The maximum atomic E-state index is 12.3. The van der Waals surface area contributed by atoms with Crippen LogP contribution in [0.5, 0.6) is 0 Å². The molecule has 1 heterocycles. The van der Waals surface area contributed by atoms with E-state index in [1.165, 1.54) is 0 Å². The van der Waals surface area contributed by atoms with Gasteiger partial charge in [-0.3, -0.25) is 4.79 Å². The summed E-state index contributed by atoms with van der Waals surface area (Å²) in [5.41, 5.74) is 3.26. The quantitative estimate of drug-likeness (QED) is 0.856. The van der Waals surface area contributed by atoms with Gasteiger partial charge in [-0.05, 0) is 37.1 Å². The fourth-order valence-electron chi connectivity index (χ4n) is 2.23. The Morgan fingerprint density at radius 1 is 1.33 bits per heavy atom. The Kier molecular flexibility index (Phi) is 3.99. The van der Waals surface area contributed by atoms with Crippen LogP contribution in [0.25, 0.3) is 0 Å². The molecule has 0 aromatic heterocycles.